The minimum Gasteiger partial charge on any atom is -0.385 e. The van der Waals surface area contributed by atoms with E-state index in [-0.39, 0.29) is 23.8 Å². The van der Waals surface area contributed by atoms with Gasteiger partial charge in [0.1, 0.15) is 12.4 Å². The summed E-state index contributed by atoms with van der Waals surface area (Å²) in [6, 6.07) is 16.3. The van der Waals surface area contributed by atoms with E-state index in [2.05, 4.69) is 21.2 Å². The second kappa shape index (κ2) is 11.8. The van der Waals surface area contributed by atoms with E-state index in [1.54, 1.807) is 36.1 Å². The predicted octanol–water partition coefficient (Wildman–Crippen LogP) is 5.70. The van der Waals surface area contributed by atoms with E-state index in [0.717, 1.165) is 5.69 Å². The lowest BCUT2D eigenvalue weighted by Crippen LogP contribution is -2.39. The molecule has 186 valence electrons. The standard InChI is InChI=1S/C26H30BrClN4O3/c1-26(2,3)22-16-23(32(30-22)21-13-8-7-12-20(21)28)29-24(33)17-31(14-9-15-35-4)25(34)18-10-5-6-11-19(18)27/h5-8,10-13,16H,9,14-15,17H2,1-4H3,(H,29,33). The first-order valence-electron chi connectivity index (χ1n) is 11.3. The fourth-order valence-electron chi connectivity index (χ4n) is 3.46. The summed E-state index contributed by atoms with van der Waals surface area (Å²) in [5, 5.41) is 8.16. The van der Waals surface area contributed by atoms with Crippen LogP contribution in [0.25, 0.3) is 5.69 Å². The summed E-state index contributed by atoms with van der Waals surface area (Å²) >= 11 is 9.86. The molecule has 35 heavy (non-hydrogen) atoms. The van der Waals surface area contributed by atoms with Crippen molar-refractivity contribution in [2.24, 2.45) is 0 Å². The number of carbonyl (C=O) groups excluding carboxylic acids is 2. The smallest absolute Gasteiger partial charge is 0.255 e. The Bertz CT molecular complexity index is 1190. The van der Waals surface area contributed by atoms with Crippen LogP contribution in [0.2, 0.25) is 5.02 Å². The Kier molecular flexibility index (Phi) is 9.10. The molecular weight excluding hydrogens is 532 g/mol. The highest BCUT2D eigenvalue weighted by atomic mass is 79.9. The minimum absolute atomic E-state index is 0.123. The summed E-state index contributed by atoms with van der Waals surface area (Å²) in [7, 11) is 1.61. The van der Waals surface area contributed by atoms with Crippen LogP contribution in [0.3, 0.4) is 0 Å². The van der Waals surface area contributed by atoms with Gasteiger partial charge in [-0.15, -0.1) is 0 Å². The number of carbonyl (C=O) groups is 2. The number of hydrogen-bond donors (Lipinski definition) is 1. The second-order valence-electron chi connectivity index (χ2n) is 9.13. The molecule has 0 saturated carbocycles. The van der Waals surface area contributed by atoms with Crippen LogP contribution in [-0.4, -0.2) is 53.3 Å². The van der Waals surface area contributed by atoms with Gasteiger partial charge in [-0.1, -0.05) is 56.6 Å². The quantitative estimate of drug-likeness (QED) is 0.340. The molecule has 2 aromatic carbocycles. The number of benzene rings is 2. The molecule has 0 fully saturated rings. The number of rotatable bonds is 9. The van der Waals surface area contributed by atoms with Gasteiger partial charge >= 0.3 is 0 Å². The maximum atomic E-state index is 13.3. The number of halogens is 2. The van der Waals surface area contributed by atoms with Gasteiger partial charge in [0.25, 0.3) is 5.91 Å². The van der Waals surface area contributed by atoms with Crippen LogP contribution in [0.5, 0.6) is 0 Å². The highest BCUT2D eigenvalue weighted by Gasteiger charge is 2.24. The Balaban J connectivity index is 1.87. The first kappa shape index (κ1) is 26.9. The summed E-state index contributed by atoms with van der Waals surface area (Å²) in [6.45, 7) is 6.87. The van der Waals surface area contributed by atoms with E-state index >= 15 is 0 Å². The van der Waals surface area contributed by atoms with Crippen molar-refractivity contribution in [2.45, 2.75) is 32.6 Å². The van der Waals surface area contributed by atoms with Gasteiger partial charge in [-0.25, -0.2) is 4.68 Å². The SMILES string of the molecule is COCCCN(CC(=O)Nc1cc(C(C)(C)C)nn1-c1ccccc1Cl)C(=O)c1ccccc1Br. The number of para-hydroxylation sites is 1. The van der Waals surface area contributed by atoms with Crippen molar-refractivity contribution in [3.63, 3.8) is 0 Å². The second-order valence-corrected chi connectivity index (χ2v) is 10.4. The first-order chi connectivity index (χ1) is 16.6. The summed E-state index contributed by atoms with van der Waals surface area (Å²) in [4.78, 5) is 28.0. The third-order valence-electron chi connectivity index (χ3n) is 5.33. The van der Waals surface area contributed by atoms with Crippen molar-refractivity contribution in [2.75, 3.05) is 32.1 Å². The molecule has 1 heterocycles. The fourth-order valence-corrected chi connectivity index (χ4v) is 4.13. The van der Waals surface area contributed by atoms with E-state index in [0.29, 0.717) is 46.1 Å². The zero-order chi connectivity index (χ0) is 25.6. The Labute approximate surface area is 219 Å². The number of anilines is 1. The molecule has 0 atom stereocenters. The highest BCUT2D eigenvalue weighted by Crippen LogP contribution is 2.29. The molecule has 1 aromatic heterocycles. The predicted molar refractivity (Wildman–Crippen MR) is 142 cm³/mol. The molecule has 7 nitrogen and oxygen atoms in total. The molecule has 1 N–H and O–H groups in total. The number of nitrogens with zero attached hydrogens (tertiary/aromatic N) is 3. The molecule has 3 rings (SSSR count). The summed E-state index contributed by atoms with van der Waals surface area (Å²) in [6.07, 6.45) is 0.603. The number of methoxy groups -OCH3 is 1. The Hall–Kier alpha value is -2.68. The molecule has 0 saturated heterocycles. The van der Waals surface area contributed by atoms with Crippen LogP contribution in [0.15, 0.2) is 59.1 Å². The van der Waals surface area contributed by atoms with Crippen LogP contribution in [0, 0.1) is 0 Å². The zero-order valence-electron chi connectivity index (χ0n) is 20.3. The normalized spacial score (nSPS) is 11.4. The van der Waals surface area contributed by atoms with Crippen LogP contribution < -0.4 is 5.32 Å². The topological polar surface area (TPSA) is 76.5 Å². The molecule has 0 aliphatic heterocycles. The van der Waals surface area contributed by atoms with Gasteiger partial charge in [0.05, 0.1) is 22.0 Å². The minimum atomic E-state index is -0.337. The molecule has 0 aliphatic rings. The average Bonchev–Trinajstić information content (AvgIpc) is 3.22. The number of ether oxygens (including phenoxy) is 1. The third-order valence-corrected chi connectivity index (χ3v) is 6.34. The van der Waals surface area contributed by atoms with E-state index in [1.165, 1.54) is 4.90 Å². The van der Waals surface area contributed by atoms with E-state index in [9.17, 15) is 9.59 Å². The third kappa shape index (κ3) is 6.93. The van der Waals surface area contributed by atoms with Crippen molar-refractivity contribution in [1.29, 1.82) is 0 Å². The molecule has 0 bridgehead atoms. The number of aromatic nitrogens is 2. The average molecular weight is 562 g/mol. The van der Waals surface area contributed by atoms with Crippen molar-refractivity contribution >= 4 is 45.2 Å². The summed E-state index contributed by atoms with van der Waals surface area (Å²) < 4.78 is 7.45. The van der Waals surface area contributed by atoms with Gasteiger partial charge in [-0.05, 0) is 46.6 Å². The van der Waals surface area contributed by atoms with Gasteiger partial charge in [-0.3, -0.25) is 9.59 Å². The molecule has 3 aromatic rings. The number of hydrogen-bond acceptors (Lipinski definition) is 4. The number of nitrogens with one attached hydrogen (secondary N) is 1. The lowest BCUT2D eigenvalue weighted by atomic mass is 9.92. The monoisotopic (exact) mass is 560 g/mol. The lowest BCUT2D eigenvalue weighted by Gasteiger charge is -2.23. The van der Waals surface area contributed by atoms with Gasteiger partial charge < -0.3 is 15.0 Å². The highest BCUT2D eigenvalue weighted by molar-refractivity contribution is 9.10. The summed E-state index contributed by atoms with van der Waals surface area (Å²) in [5.41, 5.74) is 1.71. The summed E-state index contributed by atoms with van der Waals surface area (Å²) in [5.74, 6) is -0.0894. The molecular formula is C26H30BrClN4O3. The molecule has 2 amide bonds. The first-order valence-corrected chi connectivity index (χ1v) is 12.5. The van der Waals surface area contributed by atoms with Gasteiger partial charge in [0.2, 0.25) is 5.91 Å². The van der Waals surface area contributed by atoms with Crippen LogP contribution >= 0.6 is 27.5 Å². The Morgan fingerprint density at radius 2 is 1.83 bits per heavy atom. The molecule has 0 spiro atoms. The lowest BCUT2D eigenvalue weighted by molar-refractivity contribution is -0.117. The van der Waals surface area contributed by atoms with Crippen LogP contribution in [0.1, 0.15) is 43.2 Å². The zero-order valence-corrected chi connectivity index (χ0v) is 22.7. The molecule has 9 heteroatoms. The Morgan fingerprint density at radius 3 is 2.49 bits per heavy atom. The van der Waals surface area contributed by atoms with Crippen molar-refractivity contribution in [3.8, 4) is 5.69 Å². The van der Waals surface area contributed by atoms with Crippen molar-refractivity contribution < 1.29 is 14.3 Å². The van der Waals surface area contributed by atoms with Gasteiger partial charge in [0, 0.05) is 36.2 Å². The molecule has 0 unspecified atom stereocenters. The largest absolute Gasteiger partial charge is 0.385 e. The van der Waals surface area contributed by atoms with Crippen molar-refractivity contribution in [1.82, 2.24) is 14.7 Å². The maximum absolute atomic E-state index is 13.3. The fraction of sp³-hybridized carbons (Fsp3) is 0.346. The van der Waals surface area contributed by atoms with Crippen LogP contribution in [0.4, 0.5) is 5.82 Å². The van der Waals surface area contributed by atoms with E-state index in [1.807, 2.05) is 51.1 Å². The van der Waals surface area contributed by atoms with Gasteiger partial charge in [0.15, 0.2) is 0 Å². The molecule has 0 radical (unpaired) electrons. The van der Waals surface area contributed by atoms with Crippen LogP contribution in [-0.2, 0) is 14.9 Å². The Morgan fingerprint density at radius 1 is 1.14 bits per heavy atom. The van der Waals surface area contributed by atoms with Crippen molar-refractivity contribution in [3.05, 3.63) is 75.4 Å². The molecule has 0 aliphatic carbocycles. The van der Waals surface area contributed by atoms with E-state index in [4.69, 9.17) is 21.4 Å². The number of amides is 2. The van der Waals surface area contributed by atoms with E-state index < -0.39 is 0 Å². The maximum Gasteiger partial charge on any atom is 0.255 e. The van der Waals surface area contributed by atoms with Gasteiger partial charge in [-0.2, -0.15) is 5.10 Å².